The number of hydrogen-bond donors (Lipinski definition) is 1. The Morgan fingerprint density at radius 2 is 1.97 bits per heavy atom. The van der Waals surface area contributed by atoms with E-state index in [0.29, 0.717) is 11.4 Å². The SMILES string of the molecule is Cc1nc(-c2ccc(Cl)cc2)sc1CC(=O)NC1CCCN(c2ccccc2)C1. The summed E-state index contributed by atoms with van der Waals surface area (Å²) in [6, 6.07) is 18.2. The number of para-hydroxylation sites is 1. The second kappa shape index (κ2) is 8.97. The van der Waals surface area contributed by atoms with Crippen LogP contribution >= 0.6 is 22.9 Å². The number of aryl methyl sites for hydroxylation is 1. The van der Waals surface area contributed by atoms with Gasteiger partial charge in [0.25, 0.3) is 0 Å². The van der Waals surface area contributed by atoms with Gasteiger partial charge in [-0.1, -0.05) is 41.9 Å². The highest BCUT2D eigenvalue weighted by Gasteiger charge is 2.22. The third-order valence-corrected chi connectivity index (χ3v) is 6.67. The molecule has 3 aromatic rings. The van der Waals surface area contributed by atoms with Crippen LogP contribution in [0.2, 0.25) is 5.02 Å². The van der Waals surface area contributed by atoms with Crippen LogP contribution in [0.5, 0.6) is 0 Å². The Labute approximate surface area is 180 Å². The van der Waals surface area contributed by atoms with Gasteiger partial charge in [-0.25, -0.2) is 4.98 Å². The number of nitrogens with one attached hydrogen (secondary N) is 1. The normalized spacial score (nSPS) is 16.6. The molecule has 0 aliphatic carbocycles. The maximum Gasteiger partial charge on any atom is 0.225 e. The topological polar surface area (TPSA) is 45.2 Å². The van der Waals surface area contributed by atoms with Crippen LogP contribution in [-0.4, -0.2) is 30.0 Å². The maximum atomic E-state index is 12.7. The van der Waals surface area contributed by atoms with Crippen LogP contribution in [0.4, 0.5) is 5.69 Å². The number of benzene rings is 2. The third-order valence-electron chi connectivity index (χ3n) is 5.21. The molecule has 1 N–H and O–H groups in total. The van der Waals surface area contributed by atoms with Crippen LogP contribution in [0, 0.1) is 6.92 Å². The molecule has 1 unspecified atom stereocenters. The summed E-state index contributed by atoms with van der Waals surface area (Å²) in [5.74, 6) is 0.0688. The van der Waals surface area contributed by atoms with E-state index in [1.807, 2.05) is 37.3 Å². The lowest BCUT2D eigenvalue weighted by Crippen LogP contribution is -2.48. The minimum Gasteiger partial charge on any atom is -0.369 e. The summed E-state index contributed by atoms with van der Waals surface area (Å²) in [6.07, 6.45) is 2.48. The first-order valence-electron chi connectivity index (χ1n) is 9.90. The highest BCUT2D eigenvalue weighted by atomic mass is 35.5. The van der Waals surface area contributed by atoms with E-state index in [1.54, 1.807) is 11.3 Å². The Kier molecular flexibility index (Phi) is 6.16. The van der Waals surface area contributed by atoms with Crippen LogP contribution < -0.4 is 10.2 Å². The standard InChI is InChI=1S/C23H24ClN3OS/c1-16-21(29-23(25-16)17-9-11-18(24)12-10-17)14-22(28)26-19-6-5-13-27(15-19)20-7-3-2-4-8-20/h2-4,7-12,19H,5-6,13-15H2,1H3,(H,26,28). The molecular formula is C23H24ClN3OS. The predicted octanol–water partition coefficient (Wildman–Crippen LogP) is 5.10. The molecule has 4 nitrogen and oxygen atoms in total. The number of hydrogen-bond acceptors (Lipinski definition) is 4. The van der Waals surface area contributed by atoms with Crippen molar-refractivity contribution in [3.05, 3.63) is 70.2 Å². The zero-order valence-electron chi connectivity index (χ0n) is 16.4. The van der Waals surface area contributed by atoms with E-state index in [9.17, 15) is 4.79 Å². The molecule has 29 heavy (non-hydrogen) atoms. The molecule has 0 radical (unpaired) electrons. The van der Waals surface area contributed by atoms with Crippen molar-refractivity contribution in [2.75, 3.05) is 18.0 Å². The molecule has 1 atom stereocenters. The fraction of sp³-hybridized carbons (Fsp3) is 0.304. The number of carbonyl (C=O) groups is 1. The van der Waals surface area contributed by atoms with E-state index in [-0.39, 0.29) is 11.9 Å². The summed E-state index contributed by atoms with van der Waals surface area (Å²) >= 11 is 7.55. The Bertz CT molecular complexity index is 972. The van der Waals surface area contributed by atoms with Crippen LogP contribution in [0.3, 0.4) is 0 Å². The molecule has 2 aromatic carbocycles. The number of amides is 1. The van der Waals surface area contributed by atoms with Gasteiger partial charge in [0.15, 0.2) is 0 Å². The lowest BCUT2D eigenvalue weighted by molar-refractivity contribution is -0.121. The van der Waals surface area contributed by atoms with Crippen molar-refractivity contribution >= 4 is 34.5 Å². The molecule has 1 saturated heterocycles. The molecule has 4 rings (SSSR count). The molecule has 0 bridgehead atoms. The molecular weight excluding hydrogens is 402 g/mol. The number of anilines is 1. The second-order valence-corrected chi connectivity index (χ2v) is 8.92. The second-order valence-electron chi connectivity index (χ2n) is 7.40. The molecule has 1 aromatic heterocycles. The zero-order chi connectivity index (χ0) is 20.2. The van der Waals surface area contributed by atoms with Crippen molar-refractivity contribution in [1.82, 2.24) is 10.3 Å². The van der Waals surface area contributed by atoms with Crippen molar-refractivity contribution in [2.24, 2.45) is 0 Å². The molecule has 0 spiro atoms. The van der Waals surface area contributed by atoms with E-state index in [4.69, 9.17) is 11.6 Å². The van der Waals surface area contributed by atoms with E-state index in [1.165, 1.54) is 5.69 Å². The minimum absolute atomic E-state index is 0.0688. The first-order chi connectivity index (χ1) is 14.1. The molecule has 1 aliphatic heterocycles. The highest BCUT2D eigenvalue weighted by molar-refractivity contribution is 7.15. The fourth-order valence-electron chi connectivity index (χ4n) is 3.70. The quantitative estimate of drug-likeness (QED) is 0.618. The highest BCUT2D eigenvalue weighted by Crippen LogP contribution is 2.29. The summed E-state index contributed by atoms with van der Waals surface area (Å²) in [6.45, 7) is 3.86. The van der Waals surface area contributed by atoms with Gasteiger partial charge in [-0.15, -0.1) is 11.3 Å². The number of halogens is 1. The van der Waals surface area contributed by atoms with Crippen molar-refractivity contribution < 1.29 is 4.79 Å². The van der Waals surface area contributed by atoms with Crippen molar-refractivity contribution in [3.8, 4) is 10.6 Å². The molecule has 150 valence electrons. The molecule has 1 amide bonds. The van der Waals surface area contributed by atoms with Gasteiger partial charge in [-0.3, -0.25) is 4.79 Å². The van der Waals surface area contributed by atoms with E-state index < -0.39 is 0 Å². The van der Waals surface area contributed by atoms with E-state index in [0.717, 1.165) is 47.1 Å². The molecule has 6 heteroatoms. The van der Waals surface area contributed by atoms with E-state index >= 15 is 0 Å². The van der Waals surface area contributed by atoms with Crippen molar-refractivity contribution in [2.45, 2.75) is 32.2 Å². The maximum absolute atomic E-state index is 12.7. The predicted molar refractivity (Wildman–Crippen MR) is 121 cm³/mol. The zero-order valence-corrected chi connectivity index (χ0v) is 18.0. The number of carbonyl (C=O) groups excluding carboxylic acids is 1. The van der Waals surface area contributed by atoms with Crippen LogP contribution in [0.1, 0.15) is 23.4 Å². The summed E-state index contributed by atoms with van der Waals surface area (Å²) in [4.78, 5) is 20.7. The monoisotopic (exact) mass is 425 g/mol. The van der Waals surface area contributed by atoms with Gasteiger partial charge >= 0.3 is 0 Å². The number of rotatable bonds is 5. The van der Waals surface area contributed by atoms with Crippen LogP contribution in [0.25, 0.3) is 10.6 Å². The average Bonchev–Trinajstić information content (AvgIpc) is 3.09. The summed E-state index contributed by atoms with van der Waals surface area (Å²) in [5.41, 5.74) is 3.17. The first-order valence-corrected chi connectivity index (χ1v) is 11.1. The number of aromatic nitrogens is 1. The molecule has 1 aliphatic rings. The van der Waals surface area contributed by atoms with Gasteiger partial charge in [0, 0.05) is 40.3 Å². The van der Waals surface area contributed by atoms with E-state index in [2.05, 4.69) is 39.5 Å². The summed E-state index contributed by atoms with van der Waals surface area (Å²) < 4.78 is 0. The van der Waals surface area contributed by atoms with Gasteiger partial charge in [0.1, 0.15) is 5.01 Å². The largest absolute Gasteiger partial charge is 0.369 e. The first kappa shape index (κ1) is 19.9. The number of thiazole rings is 1. The summed E-state index contributed by atoms with van der Waals surface area (Å²) in [7, 11) is 0. The van der Waals surface area contributed by atoms with Crippen molar-refractivity contribution in [1.29, 1.82) is 0 Å². The lowest BCUT2D eigenvalue weighted by atomic mass is 10.0. The average molecular weight is 426 g/mol. The Balaban J connectivity index is 1.38. The number of nitrogens with zero attached hydrogens (tertiary/aromatic N) is 2. The van der Waals surface area contributed by atoms with Gasteiger partial charge < -0.3 is 10.2 Å². The van der Waals surface area contributed by atoms with Crippen molar-refractivity contribution in [3.63, 3.8) is 0 Å². The Hall–Kier alpha value is -2.37. The molecule has 1 fully saturated rings. The van der Waals surface area contributed by atoms with Crippen LogP contribution in [-0.2, 0) is 11.2 Å². The lowest BCUT2D eigenvalue weighted by Gasteiger charge is -2.34. The van der Waals surface area contributed by atoms with Gasteiger partial charge in [-0.05, 0) is 44.0 Å². The molecule has 0 saturated carbocycles. The Morgan fingerprint density at radius 3 is 2.72 bits per heavy atom. The third kappa shape index (κ3) is 4.98. The number of piperidine rings is 1. The molecule has 2 heterocycles. The fourth-order valence-corrected chi connectivity index (χ4v) is 4.89. The van der Waals surface area contributed by atoms with Gasteiger partial charge in [0.2, 0.25) is 5.91 Å². The van der Waals surface area contributed by atoms with Crippen LogP contribution in [0.15, 0.2) is 54.6 Å². The summed E-state index contributed by atoms with van der Waals surface area (Å²) in [5, 5.41) is 4.86. The van der Waals surface area contributed by atoms with Gasteiger partial charge in [0.05, 0.1) is 12.1 Å². The smallest absolute Gasteiger partial charge is 0.225 e. The Morgan fingerprint density at radius 1 is 1.21 bits per heavy atom. The van der Waals surface area contributed by atoms with Gasteiger partial charge in [-0.2, -0.15) is 0 Å². The minimum atomic E-state index is 0.0688.